The van der Waals surface area contributed by atoms with Crippen LogP contribution in [-0.4, -0.2) is 17.6 Å². The standard InChI is InChI=1S/C10H12Cl2N2O2/c1-2-16-9(15)5-7(13)6-3-4-8(11)14-10(6)12/h3-4,7H,2,5,13H2,1H3/t7-/m0/s1. The van der Waals surface area contributed by atoms with Crippen LogP contribution in [0.1, 0.15) is 24.9 Å². The molecule has 0 aliphatic rings. The van der Waals surface area contributed by atoms with Gasteiger partial charge in [-0.25, -0.2) is 4.98 Å². The molecule has 0 radical (unpaired) electrons. The Balaban J connectivity index is 2.72. The number of aromatic nitrogens is 1. The van der Waals surface area contributed by atoms with Crippen molar-refractivity contribution >= 4 is 29.2 Å². The number of halogens is 2. The maximum Gasteiger partial charge on any atom is 0.307 e. The summed E-state index contributed by atoms with van der Waals surface area (Å²) in [5, 5.41) is 0.501. The number of carbonyl (C=O) groups excluding carboxylic acids is 1. The summed E-state index contributed by atoms with van der Waals surface area (Å²) in [4.78, 5) is 15.1. The molecule has 0 aliphatic heterocycles. The van der Waals surface area contributed by atoms with Crippen LogP contribution in [0.15, 0.2) is 12.1 Å². The van der Waals surface area contributed by atoms with Crippen LogP contribution >= 0.6 is 23.2 Å². The molecule has 1 rings (SSSR count). The van der Waals surface area contributed by atoms with Crippen LogP contribution in [0.5, 0.6) is 0 Å². The van der Waals surface area contributed by atoms with E-state index in [0.29, 0.717) is 12.2 Å². The number of pyridine rings is 1. The number of hydrogen-bond donors (Lipinski definition) is 1. The number of ether oxygens (including phenoxy) is 1. The Morgan fingerprint density at radius 2 is 2.25 bits per heavy atom. The Bertz CT molecular complexity index is 385. The van der Waals surface area contributed by atoms with E-state index in [9.17, 15) is 4.79 Å². The lowest BCUT2D eigenvalue weighted by Gasteiger charge is -2.12. The van der Waals surface area contributed by atoms with Gasteiger partial charge in [0.1, 0.15) is 10.3 Å². The lowest BCUT2D eigenvalue weighted by Crippen LogP contribution is -2.17. The summed E-state index contributed by atoms with van der Waals surface area (Å²) in [6.07, 6.45) is 0.0663. The molecule has 0 amide bonds. The summed E-state index contributed by atoms with van der Waals surface area (Å²) in [6.45, 7) is 2.07. The molecule has 1 aromatic heterocycles. The smallest absolute Gasteiger partial charge is 0.307 e. The van der Waals surface area contributed by atoms with Crippen molar-refractivity contribution in [3.63, 3.8) is 0 Å². The van der Waals surface area contributed by atoms with Gasteiger partial charge in [0, 0.05) is 11.6 Å². The molecular weight excluding hydrogens is 251 g/mol. The second kappa shape index (κ2) is 6.03. The second-order valence-corrected chi connectivity index (χ2v) is 3.87. The van der Waals surface area contributed by atoms with Gasteiger partial charge in [-0.2, -0.15) is 0 Å². The van der Waals surface area contributed by atoms with Crippen molar-refractivity contribution in [1.29, 1.82) is 0 Å². The number of hydrogen-bond acceptors (Lipinski definition) is 4. The minimum Gasteiger partial charge on any atom is -0.466 e. The minimum atomic E-state index is -0.531. The van der Waals surface area contributed by atoms with Crippen LogP contribution in [0.25, 0.3) is 0 Å². The highest BCUT2D eigenvalue weighted by Crippen LogP contribution is 2.23. The summed E-state index contributed by atoms with van der Waals surface area (Å²) in [5.41, 5.74) is 6.39. The van der Waals surface area contributed by atoms with Gasteiger partial charge in [-0.05, 0) is 13.0 Å². The molecule has 1 aromatic rings. The predicted molar refractivity (Wildman–Crippen MR) is 62.4 cm³/mol. The minimum absolute atomic E-state index is 0.0663. The molecule has 0 aromatic carbocycles. The average molecular weight is 263 g/mol. The quantitative estimate of drug-likeness (QED) is 0.668. The van der Waals surface area contributed by atoms with Crippen LogP contribution in [0.2, 0.25) is 10.3 Å². The third kappa shape index (κ3) is 3.63. The fourth-order valence-corrected chi connectivity index (χ4v) is 1.69. The number of esters is 1. The lowest BCUT2D eigenvalue weighted by atomic mass is 10.1. The number of carbonyl (C=O) groups is 1. The Labute approximate surface area is 104 Å². The van der Waals surface area contributed by atoms with Crippen molar-refractivity contribution in [2.75, 3.05) is 6.61 Å². The molecule has 0 saturated carbocycles. The summed E-state index contributed by atoms with van der Waals surface area (Å²) >= 11 is 11.5. The van der Waals surface area contributed by atoms with Crippen LogP contribution in [-0.2, 0) is 9.53 Å². The second-order valence-electron chi connectivity index (χ2n) is 3.13. The van der Waals surface area contributed by atoms with Gasteiger partial charge in [-0.1, -0.05) is 29.3 Å². The predicted octanol–water partition coefficient (Wildman–Crippen LogP) is 2.34. The van der Waals surface area contributed by atoms with Crippen molar-refractivity contribution in [1.82, 2.24) is 4.98 Å². The fraction of sp³-hybridized carbons (Fsp3) is 0.400. The average Bonchev–Trinajstić information content (AvgIpc) is 2.17. The monoisotopic (exact) mass is 262 g/mol. The molecule has 1 heterocycles. The van der Waals surface area contributed by atoms with Gasteiger partial charge in [-0.3, -0.25) is 4.79 Å². The Kier molecular flexibility index (Phi) is 4.99. The Hall–Kier alpha value is -0.840. The zero-order valence-electron chi connectivity index (χ0n) is 8.74. The van der Waals surface area contributed by atoms with Gasteiger partial charge in [-0.15, -0.1) is 0 Å². The van der Waals surface area contributed by atoms with Gasteiger partial charge < -0.3 is 10.5 Å². The molecule has 4 nitrogen and oxygen atoms in total. The van der Waals surface area contributed by atoms with Crippen LogP contribution in [0, 0.1) is 0 Å². The first-order valence-corrected chi connectivity index (χ1v) is 5.53. The van der Waals surface area contributed by atoms with E-state index in [1.165, 1.54) is 0 Å². The molecule has 0 fully saturated rings. The third-order valence-corrected chi connectivity index (χ3v) is 2.45. The van der Waals surface area contributed by atoms with E-state index in [2.05, 4.69) is 4.98 Å². The first kappa shape index (κ1) is 13.2. The number of nitrogens with zero attached hydrogens (tertiary/aromatic N) is 1. The van der Waals surface area contributed by atoms with Crippen LogP contribution in [0.4, 0.5) is 0 Å². The van der Waals surface area contributed by atoms with Gasteiger partial charge in [0.15, 0.2) is 0 Å². The van der Waals surface area contributed by atoms with Crippen LogP contribution in [0.3, 0.4) is 0 Å². The third-order valence-electron chi connectivity index (χ3n) is 1.93. The molecule has 0 spiro atoms. The zero-order valence-corrected chi connectivity index (χ0v) is 10.3. The molecule has 16 heavy (non-hydrogen) atoms. The molecule has 0 aliphatic carbocycles. The van der Waals surface area contributed by atoms with Crippen molar-refractivity contribution in [3.8, 4) is 0 Å². The zero-order chi connectivity index (χ0) is 12.1. The largest absolute Gasteiger partial charge is 0.466 e. The lowest BCUT2D eigenvalue weighted by molar-refractivity contribution is -0.143. The maximum atomic E-state index is 11.2. The molecule has 0 unspecified atom stereocenters. The highest BCUT2D eigenvalue weighted by atomic mass is 35.5. The van der Waals surface area contributed by atoms with E-state index in [0.717, 1.165) is 0 Å². The molecule has 6 heteroatoms. The van der Waals surface area contributed by atoms with Gasteiger partial charge in [0.05, 0.1) is 13.0 Å². The molecular formula is C10H12Cl2N2O2. The Morgan fingerprint density at radius 1 is 1.56 bits per heavy atom. The Morgan fingerprint density at radius 3 is 2.81 bits per heavy atom. The first-order valence-electron chi connectivity index (χ1n) is 4.77. The van der Waals surface area contributed by atoms with E-state index in [-0.39, 0.29) is 22.7 Å². The molecule has 1 atom stereocenters. The normalized spacial score (nSPS) is 12.2. The van der Waals surface area contributed by atoms with E-state index >= 15 is 0 Å². The van der Waals surface area contributed by atoms with Crippen molar-refractivity contribution < 1.29 is 9.53 Å². The highest BCUT2D eigenvalue weighted by molar-refractivity contribution is 6.32. The summed E-state index contributed by atoms with van der Waals surface area (Å²) < 4.78 is 4.79. The first-order chi connectivity index (χ1) is 7.54. The van der Waals surface area contributed by atoms with Crippen molar-refractivity contribution in [2.24, 2.45) is 5.73 Å². The number of nitrogens with two attached hydrogens (primary N) is 1. The van der Waals surface area contributed by atoms with E-state index in [1.807, 2.05) is 0 Å². The molecule has 0 bridgehead atoms. The van der Waals surface area contributed by atoms with Gasteiger partial charge >= 0.3 is 5.97 Å². The van der Waals surface area contributed by atoms with E-state index < -0.39 is 6.04 Å². The summed E-state index contributed by atoms with van der Waals surface area (Å²) in [7, 11) is 0. The molecule has 88 valence electrons. The van der Waals surface area contributed by atoms with Crippen LogP contribution < -0.4 is 5.73 Å². The fourth-order valence-electron chi connectivity index (χ4n) is 1.21. The topological polar surface area (TPSA) is 65.2 Å². The van der Waals surface area contributed by atoms with Gasteiger partial charge in [0.25, 0.3) is 0 Å². The number of rotatable bonds is 4. The maximum absolute atomic E-state index is 11.2. The summed E-state index contributed by atoms with van der Waals surface area (Å²) in [5.74, 6) is -0.360. The highest BCUT2D eigenvalue weighted by Gasteiger charge is 2.16. The summed E-state index contributed by atoms with van der Waals surface area (Å²) in [6, 6.07) is 2.70. The van der Waals surface area contributed by atoms with E-state index in [4.69, 9.17) is 33.7 Å². The van der Waals surface area contributed by atoms with E-state index in [1.54, 1.807) is 19.1 Å². The van der Waals surface area contributed by atoms with Gasteiger partial charge in [0.2, 0.25) is 0 Å². The van der Waals surface area contributed by atoms with Crippen molar-refractivity contribution in [3.05, 3.63) is 28.0 Å². The van der Waals surface area contributed by atoms with Crippen molar-refractivity contribution in [2.45, 2.75) is 19.4 Å². The molecule has 2 N–H and O–H groups in total. The SMILES string of the molecule is CCOC(=O)C[C@H](N)c1ccc(Cl)nc1Cl. The molecule has 0 saturated heterocycles.